The zero-order valence-corrected chi connectivity index (χ0v) is 13.3. The first-order chi connectivity index (χ1) is 10.2. The topological polar surface area (TPSA) is 29.5 Å². The number of benzene rings is 1. The van der Waals surface area contributed by atoms with Gasteiger partial charge in [0.2, 0.25) is 0 Å². The van der Waals surface area contributed by atoms with Gasteiger partial charge in [0.15, 0.2) is 0 Å². The van der Waals surface area contributed by atoms with Gasteiger partial charge in [0, 0.05) is 6.54 Å². The fourth-order valence-corrected chi connectivity index (χ4v) is 3.30. The van der Waals surface area contributed by atoms with Gasteiger partial charge < -0.3 is 4.74 Å². The van der Waals surface area contributed by atoms with Crippen LogP contribution in [0.4, 0.5) is 0 Å². The fraction of sp³-hybridized carbons (Fsp3) is 0.611. The molecular weight excluding hydrogens is 262 g/mol. The van der Waals surface area contributed by atoms with Crippen LogP contribution in [0.1, 0.15) is 37.7 Å². The van der Waals surface area contributed by atoms with E-state index >= 15 is 0 Å². The van der Waals surface area contributed by atoms with Crippen molar-refractivity contribution in [2.75, 3.05) is 20.7 Å². The van der Waals surface area contributed by atoms with Gasteiger partial charge >= 0.3 is 5.97 Å². The minimum atomic E-state index is -0.181. The molecule has 1 atom stereocenters. The smallest absolute Gasteiger partial charge is 0.323 e. The summed E-state index contributed by atoms with van der Waals surface area (Å²) in [5.74, 6) is 0.601. The van der Waals surface area contributed by atoms with Crippen molar-refractivity contribution in [1.29, 1.82) is 0 Å². The average Bonchev–Trinajstić information content (AvgIpc) is 2.53. The Hall–Kier alpha value is -1.35. The van der Waals surface area contributed by atoms with Crippen molar-refractivity contribution in [1.82, 2.24) is 4.90 Å². The van der Waals surface area contributed by atoms with Crippen molar-refractivity contribution in [3.8, 4) is 0 Å². The van der Waals surface area contributed by atoms with Crippen LogP contribution in [0.3, 0.4) is 0 Å². The maximum Gasteiger partial charge on any atom is 0.323 e. The third kappa shape index (κ3) is 4.85. The largest absolute Gasteiger partial charge is 0.468 e. The molecule has 1 fully saturated rings. The van der Waals surface area contributed by atoms with Crippen molar-refractivity contribution < 1.29 is 9.53 Å². The van der Waals surface area contributed by atoms with Crippen LogP contribution in [0.25, 0.3) is 0 Å². The molecule has 0 N–H and O–H groups in total. The lowest BCUT2D eigenvalue weighted by Gasteiger charge is -2.31. The number of rotatable bonds is 6. The van der Waals surface area contributed by atoms with E-state index in [2.05, 4.69) is 24.1 Å². The molecule has 0 radical (unpaired) electrons. The van der Waals surface area contributed by atoms with Gasteiger partial charge in [0.25, 0.3) is 0 Å². The van der Waals surface area contributed by atoms with E-state index in [0.29, 0.717) is 0 Å². The van der Waals surface area contributed by atoms with Crippen LogP contribution in [0, 0.1) is 5.92 Å². The Morgan fingerprint density at radius 2 is 1.90 bits per heavy atom. The highest BCUT2D eigenvalue weighted by atomic mass is 16.5. The molecule has 1 aromatic rings. The molecule has 1 saturated carbocycles. The Kier molecular flexibility index (Phi) is 6.24. The molecule has 0 spiro atoms. The monoisotopic (exact) mass is 289 g/mol. The van der Waals surface area contributed by atoms with Crippen molar-refractivity contribution in [2.24, 2.45) is 5.92 Å². The summed E-state index contributed by atoms with van der Waals surface area (Å²) < 4.78 is 5.01. The van der Waals surface area contributed by atoms with E-state index in [4.69, 9.17) is 4.74 Å². The van der Waals surface area contributed by atoms with Crippen molar-refractivity contribution in [2.45, 2.75) is 44.6 Å². The van der Waals surface area contributed by atoms with E-state index < -0.39 is 0 Å². The second-order valence-corrected chi connectivity index (χ2v) is 6.17. The molecule has 2 rings (SSSR count). The number of esters is 1. The number of methoxy groups -OCH3 is 1. The second kappa shape index (κ2) is 8.18. The van der Waals surface area contributed by atoms with Crippen LogP contribution in [-0.4, -0.2) is 37.6 Å². The quantitative estimate of drug-likeness (QED) is 0.753. The zero-order chi connectivity index (χ0) is 15.1. The standard InChI is InChI=1S/C18H27NO2/c1-19(14-16-11-7-4-8-12-16)17(18(20)21-2)13-15-9-5-3-6-10-15/h3,5-6,9-10,16-17H,4,7-8,11-14H2,1-2H3. The zero-order valence-electron chi connectivity index (χ0n) is 13.3. The van der Waals surface area contributed by atoms with E-state index in [9.17, 15) is 4.79 Å². The fourth-order valence-electron chi connectivity index (χ4n) is 3.30. The van der Waals surface area contributed by atoms with Crippen molar-refractivity contribution in [3.63, 3.8) is 0 Å². The summed E-state index contributed by atoms with van der Waals surface area (Å²) in [5, 5.41) is 0. The van der Waals surface area contributed by atoms with Crippen LogP contribution >= 0.6 is 0 Å². The Balaban J connectivity index is 1.99. The predicted molar refractivity (Wildman–Crippen MR) is 85.2 cm³/mol. The highest BCUT2D eigenvalue weighted by Crippen LogP contribution is 2.25. The molecule has 0 aromatic heterocycles. The molecule has 0 aliphatic heterocycles. The van der Waals surface area contributed by atoms with Gasteiger partial charge in [0.05, 0.1) is 7.11 Å². The van der Waals surface area contributed by atoms with Gasteiger partial charge in [-0.3, -0.25) is 9.69 Å². The van der Waals surface area contributed by atoms with Crippen LogP contribution in [0.5, 0.6) is 0 Å². The highest BCUT2D eigenvalue weighted by Gasteiger charge is 2.26. The predicted octanol–water partition coefficient (Wildman–Crippen LogP) is 3.28. The first kappa shape index (κ1) is 16.0. The molecule has 1 aliphatic rings. The average molecular weight is 289 g/mol. The molecule has 0 saturated heterocycles. The van der Waals surface area contributed by atoms with E-state index in [-0.39, 0.29) is 12.0 Å². The molecule has 21 heavy (non-hydrogen) atoms. The number of carbonyl (C=O) groups excluding carboxylic acids is 1. The Morgan fingerprint density at radius 3 is 2.52 bits per heavy atom. The number of nitrogens with zero attached hydrogens (tertiary/aromatic N) is 1. The summed E-state index contributed by atoms with van der Waals surface area (Å²) in [6, 6.07) is 10.0. The maximum atomic E-state index is 12.1. The van der Waals surface area contributed by atoms with Gasteiger partial charge in [0.1, 0.15) is 6.04 Å². The van der Waals surface area contributed by atoms with Gasteiger partial charge in [-0.05, 0) is 37.8 Å². The van der Waals surface area contributed by atoms with E-state index in [0.717, 1.165) is 18.9 Å². The lowest BCUT2D eigenvalue weighted by Crippen LogP contribution is -2.43. The minimum absolute atomic E-state index is 0.128. The van der Waals surface area contributed by atoms with E-state index in [1.807, 2.05) is 18.2 Å². The van der Waals surface area contributed by atoms with Gasteiger partial charge in [-0.2, -0.15) is 0 Å². The highest BCUT2D eigenvalue weighted by molar-refractivity contribution is 5.76. The Morgan fingerprint density at radius 1 is 1.24 bits per heavy atom. The first-order valence-corrected chi connectivity index (χ1v) is 8.02. The molecule has 0 heterocycles. The first-order valence-electron chi connectivity index (χ1n) is 8.02. The molecule has 0 bridgehead atoms. The molecular formula is C18H27NO2. The minimum Gasteiger partial charge on any atom is -0.468 e. The number of ether oxygens (including phenoxy) is 1. The second-order valence-electron chi connectivity index (χ2n) is 6.17. The van der Waals surface area contributed by atoms with Gasteiger partial charge in [-0.15, -0.1) is 0 Å². The molecule has 3 nitrogen and oxygen atoms in total. The van der Waals surface area contributed by atoms with Crippen LogP contribution in [0.15, 0.2) is 30.3 Å². The van der Waals surface area contributed by atoms with Crippen LogP contribution in [-0.2, 0) is 16.0 Å². The summed E-state index contributed by atoms with van der Waals surface area (Å²) in [5.41, 5.74) is 1.18. The summed E-state index contributed by atoms with van der Waals surface area (Å²) >= 11 is 0. The third-order valence-electron chi connectivity index (χ3n) is 4.55. The van der Waals surface area contributed by atoms with Gasteiger partial charge in [-0.25, -0.2) is 0 Å². The number of carbonyl (C=O) groups is 1. The van der Waals surface area contributed by atoms with Crippen LogP contribution in [0.2, 0.25) is 0 Å². The Labute approximate surface area is 128 Å². The number of hydrogen-bond acceptors (Lipinski definition) is 3. The molecule has 1 aromatic carbocycles. The maximum absolute atomic E-state index is 12.1. The normalized spacial score (nSPS) is 17.7. The van der Waals surface area contributed by atoms with Crippen molar-refractivity contribution >= 4 is 5.97 Å². The lowest BCUT2D eigenvalue weighted by molar-refractivity contribution is -0.146. The summed E-state index contributed by atoms with van der Waals surface area (Å²) in [4.78, 5) is 14.3. The molecule has 1 aliphatic carbocycles. The summed E-state index contributed by atoms with van der Waals surface area (Å²) in [7, 11) is 3.54. The molecule has 116 valence electrons. The lowest BCUT2D eigenvalue weighted by atomic mass is 9.88. The SMILES string of the molecule is COC(=O)C(Cc1ccccc1)N(C)CC1CCCCC1. The Bertz CT molecular complexity index is 426. The summed E-state index contributed by atoms with van der Waals surface area (Å²) in [6.07, 6.45) is 7.34. The summed E-state index contributed by atoms with van der Waals surface area (Å²) in [6.45, 7) is 0.993. The van der Waals surface area contributed by atoms with Crippen LogP contribution < -0.4 is 0 Å². The van der Waals surface area contributed by atoms with Gasteiger partial charge in [-0.1, -0.05) is 49.6 Å². The number of hydrogen-bond donors (Lipinski definition) is 0. The molecule has 3 heteroatoms. The molecule has 1 unspecified atom stereocenters. The molecule has 0 amide bonds. The van der Waals surface area contributed by atoms with E-state index in [1.165, 1.54) is 44.8 Å². The third-order valence-corrected chi connectivity index (χ3v) is 4.55. The van der Waals surface area contributed by atoms with Crippen molar-refractivity contribution in [3.05, 3.63) is 35.9 Å². The van der Waals surface area contributed by atoms with E-state index in [1.54, 1.807) is 0 Å². The number of likely N-dealkylation sites (N-methyl/N-ethyl adjacent to an activating group) is 1.